The fourth-order valence-electron chi connectivity index (χ4n) is 1.57. The molecule has 9 nitrogen and oxygen atoms in total. The number of nitrogens with one attached hydrogen (secondary N) is 2. The molecule has 0 aromatic carbocycles. The van der Waals surface area contributed by atoms with E-state index in [9.17, 15) is 22.8 Å². The molecule has 0 aliphatic carbocycles. The monoisotopic (exact) mass is 362 g/mol. The molecule has 24 heavy (non-hydrogen) atoms. The van der Waals surface area contributed by atoms with Crippen molar-refractivity contribution in [3.05, 3.63) is 0 Å². The lowest BCUT2D eigenvalue weighted by Gasteiger charge is -2.19. The van der Waals surface area contributed by atoms with Crippen molar-refractivity contribution in [2.24, 2.45) is 0 Å². The zero-order chi connectivity index (χ0) is 18.9. The highest BCUT2D eigenvalue weighted by atomic mass is 32.2. The Morgan fingerprint density at radius 3 is 2.25 bits per heavy atom. The first-order chi connectivity index (χ1) is 11.0. The van der Waals surface area contributed by atoms with E-state index >= 15 is 0 Å². The summed E-state index contributed by atoms with van der Waals surface area (Å²) in [6.45, 7) is 6.15. The Bertz CT molecular complexity index is 620. The third-order valence-corrected chi connectivity index (χ3v) is 5.01. The average molecular weight is 362 g/mol. The number of amides is 1. The number of rotatable bonds is 10. The minimum absolute atomic E-state index is 0.0795. The summed E-state index contributed by atoms with van der Waals surface area (Å²) < 4.78 is 28.5. The van der Waals surface area contributed by atoms with E-state index in [-0.39, 0.29) is 12.8 Å². The fraction of sp³-hybridized carbons (Fsp3) is 0.714. The normalized spacial score (nSPS) is 12.4. The lowest BCUT2D eigenvalue weighted by Crippen LogP contribution is -2.45. The lowest BCUT2D eigenvalue weighted by atomic mass is 10.1. The SMILES string of the molecule is CC(C)OC(=O)[C@H](CCC(=O)C=[N+]=N)NC(=O)CS(=O)(=O)C(C)C. The molecule has 0 bridgehead atoms. The highest BCUT2D eigenvalue weighted by Gasteiger charge is 2.27. The van der Waals surface area contributed by atoms with Crippen molar-refractivity contribution >= 4 is 33.7 Å². The van der Waals surface area contributed by atoms with Crippen LogP contribution in [0.1, 0.15) is 40.5 Å². The van der Waals surface area contributed by atoms with Crippen LogP contribution in [0.3, 0.4) is 0 Å². The molecule has 0 heterocycles. The van der Waals surface area contributed by atoms with E-state index in [2.05, 4.69) is 10.1 Å². The van der Waals surface area contributed by atoms with Gasteiger partial charge in [-0.05, 0) is 34.1 Å². The molecule has 0 rings (SSSR count). The molecule has 136 valence electrons. The summed E-state index contributed by atoms with van der Waals surface area (Å²) in [4.78, 5) is 38.1. The van der Waals surface area contributed by atoms with Crippen LogP contribution in [0.4, 0.5) is 0 Å². The summed E-state index contributed by atoms with van der Waals surface area (Å²) in [5.74, 6) is -2.83. The molecule has 1 amide bonds. The van der Waals surface area contributed by atoms with Crippen molar-refractivity contribution in [3.8, 4) is 0 Å². The van der Waals surface area contributed by atoms with E-state index in [1.807, 2.05) is 0 Å². The van der Waals surface area contributed by atoms with Crippen LogP contribution in [0, 0.1) is 5.53 Å². The minimum atomic E-state index is -3.61. The van der Waals surface area contributed by atoms with Gasteiger partial charge in [-0.1, -0.05) is 0 Å². The number of hydrogen-bond acceptors (Lipinski definition) is 7. The van der Waals surface area contributed by atoms with Crippen LogP contribution < -0.4 is 5.32 Å². The molecule has 0 saturated heterocycles. The van der Waals surface area contributed by atoms with E-state index in [1.54, 1.807) is 13.8 Å². The third kappa shape index (κ3) is 8.54. The standard InChI is InChI=1S/C14H23N3O6S/c1-9(2)23-14(20)12(6-5-11(18)7-16-15)17-13(19)8-24(21,22)10(3)4/h7,9-10,12,15H,5-6,8H2,1-4H3/p+1/t12-/m0/s1. The first-order valence-corrected chi connectivity index (χ1v) is 9.15. The van der Waals surface area contributed by atoms with Gasteiger partial charge in [0.15, 0.2) is 9.84 Å². The van der Waals surface area contributed by atoms with Gasteiger partial charge in [-0.3, -0.25) is 9.59 Å². The molecule has 0 aromatic heterocycles. The number of ether oxygens (including phenoxy) is 1. The van der Waals surface area contributed by atoms with Crippen LogP contribution in [0.15, 0.2) is 0 Å². The van der Waals surface area contributed by atoms with Gasteiger partial charge in [0.05, 0.1) is 21.7 Å². The van der Waals surface area contributed by atoms with E-state index in [1.165, 1.54) is 13.8 Å². The maximum Gasteiger partial charge on any atom is 0.372 e. The van der Waals surface area contributed by atoms with Gasteiger partial charge in [0, 0.05) is 6.42 Å². The fourth-order valence-corrected chi connectivity index (χ4v) is 2.35. The zero-order valence-corrected chi connectivity index (χ0v) is 15.1. The minimum Gasteiger partial charge on any atom is -0.461 e. The topological polar surface area (TPSA) is 145 Å². The van der Waals surface area contributed by atoms with Crippen molar-refractivity contribution in [2.45, 2.75) is 57.9 Å². The summed E-state index contributed by atoms with van der Waals surface area (Å²) >= 11 is 0. The van der Waals surface area contributed by atoms with Crippen molar-refractivity contribution in [1.82, 2.24) is 5.32 Å². The number of nitrogens with zero attached hydrogens (tertiary/aromatic N) is 1. The molecule has 0 aromatic rings. The summed E-state index contributed by atoms with van der Waals surface area (Å²) in [5.41, 5.74) is 6.57. The van der Waals surface area contributed by atoms with E-state index in [0.29, 0.717) is 0 Å². The number of sulfone groups is 1. The lowest BCUT2D eigenvalue weighted by molar-refractivity contribution is -0.151. The quantitative estimate of drug-likeness (QED) is 0.240. The third-order valence-electron chi connectivity index (χ3n) is 2.91. The van der Waals surface area contributed by atoms with Crippen LogP contribution in [-0.2, 0) is 29.0 Å². The molecule has 2 N–H and O–H groups in total. The smallest absolute Gasteiger partial charge is 0.372 e. The largest absolute Gasteiger partial charge is 0.461 e. The Hall–Kier alpha value is -2.06. The molecular weight excluding hydrogens is 338 g/mol. The second kappa shape index (κ2) is 9.94. The van der Waals surface area contributed by atoms with E-state index in [0.717, 1.165) is 6.21 Å². The molecule has 0 fully saturated rings. The van der Waals surface area contributed by atoms with Gasteiger partial charge in [-0.15, -0.1) is 0 Å². The van der Waals surface area contributed by atoms with Crippen molar-refractivity contribution in [2.75, 3.05) is 5.75 Å². The van der Waals surface area contributed by atoms with Crippen LogP contribution >= 0.6 is 0 Å². The summed E-state index contributed by atoms with van der Waals surface area (Å²) in [6, 6.07) is -1.15. The van der Waals surface area contributed by atoms with Crippen LogP contribution in [0.25, 0.3) is 0 Å². The van der Waals surface area contributed by atoms with Gasteiger partial charge in [0.1, 0.15) is 11.8 Å². The van der Waals surface area contributed by atoms with Crippen LogP contribution in [0.2, 0.25) is 0 Å². The summed E-state index contributed by atoms with van der Waals surface area (Å²) in [5, 5.41) is 1.57. The Morgan fingerprint density at radius 2 is 1.79 bits per heavy atom. The second-order valence-corrected chi connectivity index (χ2v) is 8.28. The molecule has 0 radical (unpaired) electrons. The average Bonchev–Trinajstić information content (AvgIpc) is 2.42. The van der Waals surface area contributed by atoms with E-state index < -0.39 is 50.6 Å². The Morgan fingerprint density at radius 1 is 1.21 bits per heavy atom. The number of carbonyl (C=O) groups excluding carboxylic acids is 3. The van der Waals surface area contributed by atoms with Gasteiger partial charge in [0.2, 0.25) is 11.7 Å². The first-order valence-electron chi connectivity index (χ1n) is 7.43. The predicted molar refractivity (Wildman–Crippen MR) is 85.4 cm³/mol. The summed E-state index contributed by atoms with van der Waals surface area (Å²) in [7, 11) is -3.61. The van der Waals surface area contributed by atoms with Gasteiger partial charge < -0.3 is 10.1 Å². The Balaban J connectivity index is 4.98. The van der Waals surface area contributed by atoms with E-state index in [4.69, 9.17) is 10.3 Å². The number of esters is 1. The van der Waals surface area contributed by atoms with Crippen molar-refractivity contribution in [1.29, 1.82) is 5.53 Å². The first kappa shape index (κ1) is 21.9. The molecule has 0 spiro atoms. The van der Waals surface area contributed by atoms with Crippen LogP contribution in [-0.4, -0.2) is 60.2 Å². The predicted octanol–water partition coefficient (Wildman–Crippen LogP) is -0.0947. The Labute approximate surface area is 141 Å². The second-order valence-electron chi connectivity index (χ2n) is 5.72. The molecular formula is C14H24N3O6S+. The molecule has 10 heteroatoms. The van der Waals surface area contributed by atoms with Crippen molar-refractivity contribution < 1.29 is 32.3 Å². The highest BCUT2D eigenvalue weighted by Crippen LogP contribution is 2.05. The highest BCUT2D eigenvalue weighted by molar-refractivity contribution is 7.92. The molecule has 0 aliphatic heterocycles. The van der Waals surface area contributed by atoms with Gasteiger partial charge in [0.25, 0.3) is 0 Å². The number of ketones is 1. The Kier molecular flexibility index (Phi) is 9.09. The molecule has 0 aliphatic rings. The summed E-state index contributed by atoms with van der Waals surface area (Å²) in [6.07, 6.45) is 0.138. The number of carbonyl (C=O) groups is 3. The zero-order valence-electron chi connectivity index (χ0n) is 14.2. The maximum absolute atomic E-state index is 12.0. The molecule has 0 unspecified atom stereocenters. The van der Waals surface area contributed by atoms with Crippen LogP contribution in [0.5, 0.6) is 0 Å². The maximum atomic E-state index is 12.0. The van der Waals surface area contributed by atoms with Gasteiger partial charge >= 0.3 is 12.2 Å². The number of hydrogen-bond donors (Lipinski definition) is 2. The molecule has 0 saturated carbocycles. The van der Waals surface area contributed by atoms with Gasteiger partial charge in [-0.2, -0.15) is 0 Å². The van der Waals surface area contributed by atoms with Gasteiger partial charge in [-0.25, -0.2) is 13.2 Å². The number of Topliss-reactive ketones (excluding diaryl/α,β-unsaturated/α-hetero) is 1. The van der Waals surface area contributed by atoms with Crippen molar-refractivity contribution in [3.63, 3.8) is 0 Å². The molecule has 1 atom stereocenters.